The maximum absolute atomic E-state index is 14.2. The number of hydrogen-bond acceptors (Lipinski definition) is 6. The largest absolute Gasteiger partial charge is 0.487 e. The van der Waals surface area contributed by atoms with Gasteiger partial charge >= 0.3 is 5.97 Å². The minimum Gasteiger partial charge on any atom is -0.487 e. The van der Waals surface area contributed by atoms with Crippen LogP contribution >= 0.6 is 11.6 Å². The van der Waals surface area contributed by atoms with E-state index in [1.54, 1.807) is 21.9 Å². The molecule has 3 fully saturated rings. The van der Waals surface area contributed by atoms with E-state index in [-0.39, 0.29) is 41.8 Å². The molecule has 0 unspecified atom stereocenters. The van der Waals surface area contributed by atoms with Crippen LogP contribution in [0.2, 0.25) is 5.02 Å². The van der Waals surface area contributed by atoms with Gasteiger partial charge in [-0.25, -0.2) is 13.5 Å². The summed E-state index contributed by atoms with van der Waals surface area (Å²) in [7, 11) is 1.39. The number of aryl methyl sites for hydroxylation is 1. The standard InChI is InChI=1S/C29H34ClF2N5O5/c1-35-25(26(31)32)20(33-34-35)14-42-22-7-6-19(30)18-8-11-37(27(39)16-4-2-3-5-17(16)28(40)41)21(24(18)22)13-36-15-29(9-10-29)12-23(36)38/h6-7,16-17,21,26H,2-5,8-15H2,1H3,(H,40,41)/t16-,17+,21-/m1/s1. The number of carbonyl (C=O) groups excluding carboxylic acids is 2. The van der Waals surface area contributed by atoms with Crippen molar-refractivity contribution in [3.63, 3.8) is 0 Å². The molecule has 13 heteroatoms. The summed E-state index contributed by atoms with van der Waals surface area (Å²) >= 11 is 6.67. The zero-order chi connectivity index (χ0) is 29.8. The van der Waals surface area contributed by atoms with Crippen LogP contribution in [-0.4, -0.2) is 67.3 Å². The van der Waals surface area contributed by atoms with Gasteiger partial charge in [0.05, 0.1) is 17.9 Å². The van der Waals surface area contributed by atoms with Gasteiger partial charge in [0.25, 0.3) is 6.43 Å². The predicted molar refractivity (Wildman–Crippen MR) is 146 cm³/mol. The zero-order valence-corrected chi connectivity index (χ0v) is 24.2. The second-order valence-corrected chi connectivity index (χ2v) is 12.6. The molecule has 2 aromatic rings. The molecule has 3 heterocycles. The lowest BCUT2D eigenvalue weighted by Gasteiger charge is -2.43. The summed E-state index contributed by atoms with van der Waals surface area (Å²) in [5.41, 5.74) is 1.04. The number of aromatic nitrogens is 3. The summed E-state index contributed by atoms with van der Waals surface area (Å²) in [6.07, 6.45) is 2.53. The number of rotatable bonds is 8. The number of nitrogens with zero attached hydrogens (tertiary/aromatic N) is 5. The summed E-state index contributed by atoms with van der Waals surface area (Å²) in [6.45, 7) is 0.857. The maximum atomic E-state index is 14.2. The Morgan fingerprint density at radius 1 is 1.21 bits per heavy atom. The number of hydrogen-bond donors (Lipinski definition) is 1. The molecule has 1 aromatic heterocycles. The molecule has 2 amide bonds. The molecule has 10 nitrogen and oxygen atoms in total. The van der Waals surface area contributed by atoms with Gasteiger partial charge in [0.1, 0.15) is 23.7 Å². The molecule has 0 bridgehead atoms. The van der Waals surface area contributed by atoms with Crippen LogP contribution in [0, 0.1) is 17.3 Å². The summed E-state index contributed by atoms with van der Waals surface area (Å²) in [4.78, 5) is 42.9. The molecule has 1 spiro atoms. The number of carboxylic acid groups (broad SMARTS) is 1. The van der Waals surface area contributed by atoms with Crippen LogP contribution in [0.4, 0.5) is 8.78 Å². The topological polar surface area (TPSA) is 118 Å². The van der Waals surface area contributed by atoms with Crippen LogP contribution in [-0.2, 0) is 34.5 Å². The lowest BCUT2D eigenvalue weighted by Crippen LogP contribution is -2.50. The van der Waals surface area contributed by atoms with Crippen molar-refractivity contribution in [1.82, 2.24) is 24.8 Å². The predicted octanol–water partition coefficient (Wildman–Crippen LogP) is 4.31. The number of carboxylic acids is 1. The number of alkyl halides is 2. The number of fused-ring (bicyclic) bond motifs is 1. The van der Waals surface area contributed by atoms with Crippen molar-refractivity contribution in [2.24, 2.45) is 24.3 Å². The molecule has 1 saturated heterocycles. The molecular formula is C29H34ClF2N5O5. The number of halogens is 3. The minimum atomic E-state index is -2.79. The number of aliphatic carboxylic acids is 1. The molecule has 4 aliphatic rings. The third-order valence-corrected chi connectivity index (χ3v) is 9.88. The highest BCUT2D eigenvalue weighted by atomic mass is 35.5. The van der Waals surface area contributed by atoms with Crippen molar-refractivity contribution in [3.05, 3.63) is 39.7 Å². The van der Waals surface area contributed by atoms with Gasteiger partial charge < -0.3 is 19.6 Å². The smallest absolute Gasteiger partial charge is 0.307 e. The molecule has 2 aliphatic heterocycles. The fraction of sp³-hybridized carbons (Fsp3) is 0.621. The van der Waals surface area contributed by atoms with Gasteiger partial charge in [-0.2, -0.15) is 0 Å². The molecular weight excluding hydrogens is 572 g/mol. The number of ether oxygens (including phenoxy) is 1. The second-order valence-electron chi connectivity index (χ2n) is 12.2. The summed E-state index contributed by atoms with van der Waals surface area (Å²) in [6, 6.07) is 2.69. The van der Waals surface area contributed by atoms with E-state index in [0.29, 0.717) is 55.1 Å². The fourth-order valence-electron chi connectivity index (χ4n) is 7.09. The Morgan fingerprint density at radius 3 is 2.62 bits per heavy atom. The van der Waals surface area contributed by atoms with Gasteiger partial charge in [-0.3, -0.25) is 14.4 Å². The lowest BCUT2D eigenvalue weighted by molar-refractivity contribution is -0.154. The molecule has 6 rings (SSSR count). The van der Waals surface area contributed by atoms with Gasteiger partial charge in [0, 0.05) is 43.7 Å². The van der Waals surface area contributed by atoms with E-state index in [1.165, 1.54) is 7.05 Å². The molecule has 0 radical (unpaired) electrons. The van der Waals surface area contributed by atoms with Crippen LogP contribution in [0.5, 0.6) is 5.75 Å². The van der Waals surface area contributed by atoms with E-state index < -0.39 is 30.3 Å². The van der Waals surface area contributed by atoms with Crippen LogP contribution < -0.4 is 4.74 Å². The monoisotopic (exact) mass is 605 g/mol. The molecule has 226 valence electrons. The lowest BCUT2D eigenvalue weighted by atomic mass is 9.77. The summed E-state index contributed by atoms with van der Waals surface area (Å²) in [5.74, 6) is -2.27. The first-order chi connectivity index (χ1) is 20.1. The van der Waals surface area contributed by atoms with Crippen LogP contribution in [0.15, 0.2) is 12.1 Å². The van der Waals surface area contributed by atoms with Gasteiger partial charge in [-0.15, -0.1) is 5.10 Å². The number of benzene rings is 1. The average molecular weight is 606 g/mol. The normalized spacial score (nSPS) is 24.8. The van der Waals surface area contributed by atoms with Crippen molar-refractivity contribution in [3.8, 4) is 5.75 Å². The van der Waals surface area contributed by atoms with E-state index >= 15 is 0 Å². The van der Waals surface area contributed by atoms with E-state index in [4.69, 9.17) is 16.3 Å². The van der Waals surface area contributed by atoms with Crippen molar-refractivity contribution >= 4 is 29.4 Å². The van der Waals surface area contributed by atoms with Crippen LogP contribution in [0.25, 0.3) is 0 Å². The van der Waals surface area contributed by atoms with Crippen LogP contribution in [0.3, 0.4) is 0 Å². The van der Waals surface area contributed by atoms with E-state index in [1.807, 2.05) is 0 Å². The first kappa shape index (κ1) is 28.8. The number of likely N-dealkylation sites (tertiary alicyclic amines) is 1. The second kappa shape index (κ2) is 11.1. The Labute approximate surface area is 246 Å². The first-order valence-electron chi connectivity index (χ1n) is 14.5. The Hall–Kier alpha value is -3.28. The van der Waals surface area contributed by atoms with Crippen molar-refractivity contribution < 1.29 is 33.0 Å². The van der Waals surface area contributed by atoms with E-state index in [9.17, 15) is 28.3 Å². The zero-order valence-electron chi connectivity index (χ0n) is 23.4. The minimum absolute atomic E-state index is 0.00612. The Morgan fingerprint density at radius 2 is 1.95 bits per heavy atom. The molecule has 2 saturated carbocycles. The number of amides is 2. The first-order valence-corrected chi connectivity index (χ1v) is 14.9. The summed E-state index contributed by atoms with van der Waals surface area (Å²) in [5, 5.41) is 18.0. The van der Waals surface area contributed by atoms with Crippen molar-refractivity contribution in [1.29, 1.82) is 0 Å². The molecule has 1 aromatic carbocycles. The molecule has 42 heavy (non-hydrogen) atoms. The highest BCUT2D eigenvalue weighted by molar-refractivity contribution is 6.31. The highest BCUT2D eigenvalue weighted by Crippen LogP contribution is 2.54. The van der Waals surface area contributed by atoms with E-state index in [2.05, 4.69) is 10.3 Å². The highest BCUT2D eigenvalue weighted by Gasteiger charge is 2.53. The van der Waals surface area contributed by atoms with Crippen molar-refractivity contribution in [2.45, 2.75) is 70.4 Å². The Balaban J connectivity index is 1.36. The van der Waals surface area contributed by atoms with Crippen molar-refractivity contribution in [2.75, 3.05) is 19.6 Å². The maximum Gasteiger partial charge on any atom is 0.307 e. The Kier molecular flexibility index (Phi) is 7.61. The Bertz CT molecular complexity index is 1410. The third-order valence-electron chi connectivity index (χ3n) is 9.53. The fourth-order valence-corrected chi connectivity index (χ4v) is 7.35. The molecule has 2 aliphatic carbocycles. The van der Waals surface area contributed by atoms with Crippen LogP contribution in [0.1, 0.15) is 79.9 Å². The SMILES string of the molecule is Cn1nnc(COc2ccc(Cl)c3c2[C@@H](CN2CC4(CC4)CC2=O)N(C(=O)[C@@H]2CCCC[C@@H]2C(=O)O)CC3)c1C(F)F. The molecule has 3 atom stereocenters. The number of carbonyl (C=O) groups is 3. The van der Waals surface area contributed by atoms with E-state index in [0.717, 1.165) is 35.9 Å². The van der Waals surface area contributed by atoms with Gasteiger partial charge in [-0.05, 0) is 55.2 Å². The quantitative estimate of drug-likeness (QED) is 0.476. The summed E-state index contributed by atoms with van der Waals surface area (Å²) < 4.78 is 34.5. The third kappa shape index (κ3) is 5.22. The molecule has 1 N–H and O–H groups in total. The van der Waals surface area contributed by atoms with Gasteiger partial charge in [-0.1, -0.05) is 29.7 Å². The average Bonchev–Trinajstić information content (AvgIpc) is 3.49. The van der Waals surface area contributed by atoms with Gasteiger partial charge in [0.15, 0.2) is 0 Å². The van der Waals surface area contributed by atoms with Gasteiger partial charge in [0.2, 0.25) is 11.8 Å².